The van der Waals surface area contributed by atoms with Crippen molar-refractivity contribution in [3.05, 3.63) is 59.9 Å². The first-order valence-electron chi connectivity index (χ1n) is 9.14. The van der Waals surface area contributed by atoms with Crippen LogP contribution in [-0.4, -0.2) is 33.9 Å². The molecule has 0 spiro atoms. The van der Waals surface area contributed by atoms with E-state index >= 15 is 0 Å². The van der Waals surface area contributed by atoms with Crippen LogP contribution < -0.4 is 4.74 Å². The Balaban J connectivity index is 1.39. The molecule has 4 rings (SSSR count). The van der Waals surface area contributed by atoms with Gasteiger partial charge in [-0.05, 0) is 44.0 Å². The number of hydrogen-bond donors (Lipinski definition) is 1. The number of aryl methyl sites for hydroxylation is 1. The molecule has 5 nitrogen and oxygen atoms in total. The lowest BCUT2D eigenvalue weighted by molar-refractivity contribution is -0.132. The first-order chi connectivity index (χ1) is 12.7. The van der Waals surface area contributed by atoms with E-state index in [2.05, 4.69) is 9.97 Å². The Hall–Kier alpha value is -2.82. The van der Waals surface area contributed by atoms with Crippen LogP contribution >= 0.6 is 0 Å². The number of hydrogen-bond acceptors (Lipinski definition) is 3. The van der Waals surface area contributed by atoms with Crippen molar-refractivity contribution in [1.82, 2.24) is 14.9 Å². The maximum atomic E-state index is 12.7. The van der Waals surface area contributed by atoms with E-state index in [1.807, 2.05) is 60.4 Å². The van der Waals surface area contributed by atoms with Gasteiger partial charge < -0.3 is 14.6 Å². The highest BCUT2D eigenvalue weighted by Gasteiger charge is 2.31. The van der Waals surface area contributed by atoms with Gasteiger partial charge in [0, 0.05) is 6.54 Å². The highest BCUT2D eigenvalue weighted by molar-refractivity contribution is 5.78. The van der Waals surface area contributed by atoms with Gasteiger partial charge in [0.25, 0.3) is 0 Å². The van der Waals surface area contributed by atoms with E-state index in [4.69, 9.17) is 4.74 Å². The van der Waals surface area contributed by atoms with Crippen molar-refractivity contribution in [3.8, 4) is 5.75 Å². The molecule has 134 valence electrons. The van der Waals surface area contributed by atoms with Crippen LogP contribution in [-0.2, 0) is 4.79 Å². The Morgan fingerprint density at radius 2 is 2.04 bits per heavy atom. The molecule has 0 bridgehead atoms. The second kappa shape index (κ2) is 7.20. The molecule has 0 radical (unpaired) electrons. The molecule has 1 aromatic heterocycles. The van der Waals surface area contributed by atoms with Gasteiger partial charge in [0.05, 0.1) is 30.1 Å². The number of aromatic amines is 1. The van der Waals surface area contributed by atoms with E-state index in [-0.39, 0.29) is 11.9 Å². The fraction of sp³-hybridized carbons (Fsp3) is 0.333. The van der Waals surface area contributed by atoms with Crippen molar-refractivity contribution in [3.63, 3.8) is 0 Å². The molecule has 2 aromatic carbocycles. The van der Waals surface area contributed by atoms with Gasteiger partial charge in [-0.3, -0.25) is 4.79 Å². The molecule has 0 aliphatic carbocycles. The maximum Gasteiger partial charge on any atom is 0.226 e. The predicted octanol–water partition coefficient (Wildman–Crippen LogP) is 4.00. The molecule has 1 aliphatic rings. The lowest BCUT2D eigenvalue weighted by Crippen LogP contribution is -2.32. The summed E-state index contributed by atoms with van der Waals surface area (Å²) in [4.78, 5) is 22.7. The molecule has 1 fully saturated rings. The Morgan fingerprint density at radius 3 is 2.85 bits per heavy atom. The number of aromatic nitrogens is 2. The number of carbonyl (C=O) groups is 1. The SMILES string of the molecule is Cc1ccc(OCCC(=O)N2CCC[C@@H]2c2nc3ccccc3[nH]2)cc1. The molecular formula is C21H23N3O2. The van der Waals surface area contributed by atoms with Crippen LogP contribution in [0.4, 0.5) is 0 Å². The van der Waals surface area contributed by atoms with Crippen molar-refractivity contribution < 1.29 is 9.53 Å². The van der Waals surface area contributed by atoms with Crippen LogP contribution in [0.3, 0.4) is 0 Å². The third-order valence-corrected chi connectivity index (χ3v) is 4.90. The smallest absolute Gasteiger partial charge is 0.226 e. The lowest BCUT2D eigenvalue weighted by atomic mass is 10.2. The second-order valence-electron chi connectivity index (χ2n) is 6.80. The minimum absolute atomic E-state index is 0.0364. The van der Waals surface area contributed by atoms with Gasteiger partial charge in [0.2, 0.25) is 5.91 Å². The average molecular weight is 349 g/mol. The molecule has 5 heteroatoms. The molecule has 1 aliphatic heterocycles. The monoisotopic (exact) mass is 349 g/mol. The Bertz CT molecular complexity index is 868. The van der Waals surface area contributed by atoms with Gasteiger partial charge in [0.15, 0.2) is 0 Å². The minimum atomic E-state index is 0.0364. The van der Waals surface area contributed by atoms with Crippen LogP contribution in [0.1, 0.15) is 36.7 Å². The number of likely N-dealkylation sites (tertiary alicyclic amines) is 1. The third-order valence-electron chi connectivity index (χ3n) is 4.90. The summed E-state index contributed by atoms with van der Waals surface area (Å²) in [6.07, 6.45) is 2.33. The van der Waals surface area contributed by atoms with Gasteiger partial charge in [-0.15, -0.1) is 0 Å². The quantitative estimate of drug-likeness (QED) is 0.757. The van der Waals surface area contributed by atoms with Crippen molar-refractivity contribution in [1.29, 1.82) is 0 Å². The average Bonchev–Trinajstić information content (AvgIpc) is 3.29. The zero-order valence-corrected chi connectivity index (χ0v) is 14.9. The summed E-state index contributed by atoms with van der Waals surface area (Å²) >= 11 is 0. The fourth-order valence-corrected chi connectivity index (χ4v) is 3.51. The number of para-hydroxylation sites is 2. The van der Waals surface area contributed by atoms with Gasteiger partial charge in [-0.2, -0.15) is 0 Å². The minimum Gasteiger partial charge on any atom is -0.493 e. The molecule has 2 heterocycles. The second-order valence-corrected chi connectivity index (χ2v) is 6.80. The van der Waals surface area contributed by atoms with E-state index < -0.39 is 0 Å². The number of nitrogens with zero attached hydrogens (tertiary/aromatic N) is 2. The van der Waals surface area contributed by atoms with Gasteiger partial charge >= 0.3 is 0 Å². The number of nitrogens with one attached hydrogen (secondary N) is 1. The molecule has 26 heavy (non-hydrogen) atoms. The zero-order valence-electron chi connectivity index (χ0n) is 14.9. The summed E-state index contributed by atoms with van der Waals surface area (Å²) in [7, 11) is 0. The molecule has 1 saturated heterocycles. The summed E-state index contributed by atoms with van der Waals surface area (Å²) in [5.74, 6) is 1.82. The largest absolute Gasteiger partial charge is 0.493 e. The van der Waals surface area contributed by atoms with Gasteiger partial charge in [-0.25, -0.2) is 4.98 Å². The molecule has 0 saturated carbocycles. The number of amides is 1. The van der Waals surface area contributed by atoms with Crippen molar-refractivity contribution in [2.45, 2.75) is 32.2 Å². The normalized spacial score (nSPS) is 17.0. The Kier molecular flexibility index (Phi) is 4.61. The fourth-order valence-electron chi connectivity index (χ4n) is 3.51. The Morgan fingerprint density at radius 1 is 1.23 bits per heavy atom. The summed E-state index contributed by atoms with van der Waals surface area (Å²) in [5.41, 5.74) is 3.16. The lowest BCUT2D eigenvalue weighted by Gasteiger charge is -2.23. The third kappa shape index (κ3) is 3.43. The van der Waals surface area contributed by atoms with Crippen LogP contribution in [0, 0.1) is 6.92 Å². The maximum absolute atomic E-state index is 12.7. The molecular weight excluding hydrogens is 326 g/mol. The van der Waals surface area contributed by atoms with Crippen LogP contribution in [0.5, 0.6) is 5.75 Å². The van der Waals surface area contributed by atoms with Crippen molar-refractivity contribution >= 4 is 16.9 Å². The van der Waals surface area contributed by atoms with E-state index in [9.17, 15) is 4.79 Å². The van der Waals surface area contributed by atoms with E-state index in [0.717, 1.165) is 42.0 Å². The highest BCUT2D eigenvalue weighted by Crippen LogP contribution is 2.31. The molecule has 1 N–H and O–H groups in total. The van der Waals surface area contributed by atoms with E-state index in [1.54, 1.807) is 0 Å². The van der Waals surface area contributed by atoms with Gasteiger partial charge in [-0.1, -0.05) is 29.8 Å². The van der Waals surface area contributed by atoms with Crippen LogP contribution in [0.25, 0.3) is 11.0 Å². The van der Waals surface area contributed by atoms with Crippen molar-refractivity contribution in [2.24, 2.45) is 0 Å². The number of fused-ring (bicyclic) bond motifs is 1. The van der Waals surface area contributed by atoms with Crippen LogP contribution in [0.15, 0.2) is 48.5 Å². The molecule has 0 unspecified atom stereocenters. The zero-order chi connectivity index (χ0) is 17.9. The van der Waals surface area contributed by atoms with Crippen LogP contribution in [0.2, 0.25) is 0 Å². The number of carbonyl (C=O) groups excluding carboxylic acids is 1. The van der Waals surface area contributed by atoms with Crippen molar-refractivity contribution in [2.75, 3.05) is 13.2 Å². The number of H-pyrrole nitrogens is 1. The summed E-state index contributed by atoms with van der Waals surface area (Å²) in [6.45, 7) is 3.22. The number of ether oxygens (including phenoxy) is 1. The molecule has 1 atom stereocenters. The summed E-state index contributed by atoms with van der Waals surface area (Å²) in [6, 6.07) is 15.9. The predicted molar refractivity (Wildman–Crippen MR) is 101 cm³/mol. The van der Waals surface area contributed by atoms with E-state index in [0.29, 0.717) is 13.0 Å². The standard InChI is InChI=1S/C21H23N3O2/c1-15-8-10-16(11-9-15)26-14-12-20(25)24-13-4-7-19(24)21-22-17-5-2-3-6-18(17)23-21/h2-3,5-6,8-11,19H,4,7,12-14H2,1H3,(H,22,23)/t19-/m1/s1. The summed E-state index contributed by atoms with van der Waals surface area (Å²) < 4.78 is 5.71. The number of benzene rings is 2. The number of imidazole rings is 1. The van der Waals surface area contributed by atoms with E-state index in [1.165, 1.54) is 5.56 Å². The first-order valence-corrected chi connectivity index (χ1v) is 9.14. The molecule has 1 amide bonds. The highest BCUT2D eigenvalue weighted by atomic mass is 16.5. The topological polar surface area (TPSA) is 58.2 Å². The first kappa shape index (κ1) is 16.6. The molecule has 3 aromatic rings. The van der Waals surface area contributed by atoms with Gasteiger partial charge in [0.1, 0.15) is 11.6 Å². The number of rotatable bonds is 5. The Labute approximate surface area is 153 Å². The summed E-state index contributed by atoms with van der Waals surface area (Å²) in [5, 5.41) is 0.